The Morgan fingerprint density at radius 3 is 2.45 bits per heavy atom. The molecular formula is C14H16N2O4. The summed E-state index contributed by atoms with van der Waals surface area (Å²) in [4.78, 5) is 22.9. The maximum Gasteiger partial charge on any atom is 0.237 e. The third-order valence-electron chi connectivity index (χ3n) is 3.08. The van der Waals surface area contributed by atoms with E-state index in [0.717, 1.165) is 0 Å². The number of ether oxygens (including phenoxy) is 2. The number of methoxy groups -OCH3 is 2. The number of fused-ring (bicyclic) bond motifs is 1. The first kappa shape index (κ1) is 13.9. The van der Waals surface area contributed by atoms with Gasteiger partial charge in [0.1, 0.15) is 18.0 Å². The summed E-state index contributed by atoms with van der Waals surface area (Å²) in [5.41, 5.74) is 6.39. The second kappa shape index (κ2) is 5.24. The summed E-state index contributed by atoms with van der Waals surface area (Å²) in [5, 5.41) is 0.655. The van der Waals surface area contributed by atoms with Gasteiger partial charge in [0.2, 0.25) is 5.91 Å². The molecular weight excluding hydrogens is 260 g/mol. The van der Waals surface area contributed by atoms with Crippen molar-refractivity contribution in [3.63, 3.8) is 0 Å². The van der Waals surface area contributed by atoms with Crippen molar-refractivity contribution in [2.24, 2.45) is 5.73 Å². The predicted molar refractivity (Wildman–Crippen MR) is 74.2 cm³/mol. The highest BCUT2D eigenvalue weighted by molar-refractivity contribution is 6.09. The molecule has 1 aromatic carbocycles. The van der Waals surface area contributed by atoms with Crippen LogP contribution in [0.1, 0.15) is 17.3 Å². The number of carbonyl (C=O) groups excluding carboxylic acids is 2. The Hall–Kier alpha value is -2.50. The topological polar surface area (TPSA) is 83.6 Å². The zero-order chi connectivity index (χ0) is 14.9. The molecule has 2 N–H and O–H groups in total. The van der Waals surface area contributed by atoms with Crippen LogP contribution < -0.4 is 15.2 Å². The summed E-state index contributed by atoms with van der Waals surface area (Å²) in [5.74, 6) is 0.501. The molecule has 1 heterocycles. The summed E-state index contributed by atoms with van der Waals surface area (Å²) < 4.78 is 12.1. The van der Waals surface area contributed by atoms with Crippen molar-refractivity contribution in [2.45, 2.75) is 13.5 Å². The molecule has 0 aliphatic carbocycles. The van der Waals surface area contributed by atoms with Gasteiger partial charge >= 0.3 is 0 Å². The summed E-state index contributed by atoms with van der Waals surface area (Å²) >= 11 is 0. The predicted octanol–water partition coefficient (Wildman–Crippen LogP) is 1.35. The Morgan fingerprint density at radius 1 is 1.25 bits per heavy atom. The SMILES string of the molecule is COc1cc(OC)c2c(C(C)=O)cn(CC(N)=O)c2c1. The first-order chi connectivity index (χ1) is 9.47. The molecule has 0 saturated carbocycles. The van der Waals surface area contributed by atoms with Gasteiger partial charge in [0.15, 0.2) is 5.78 Å². The van der Waals surface area contributed by atoms with Crippen LogP contribution in [-0.4, -0.2) is 30.5 Å². The maximum atomic E-state index is 11.8. The molecule has 2 rings (SSSR count). The molecule has 0 radical (unpaired) electrons. The average Bonchev–Trinajstić information content (AvgIpc) is 2.76. The van der Waals surface area contributed by atoms with E-state index in [4.69, 9.17) is 15.2 Å². The number of rotatable bonds is 5. The highest BCUT2D eigenvalue weighted by Crippen LogP contribution is 2.35. The van der Waals surface area contributed by atoms with E-state index in [2.05, 4.69) is 0 Å². The lowest BCUT2D eigenvalue weighted by atomic mass is 10.1. The van der Waals surface area contributed by atoms with Crippen LogP contribution in [0, 0.1) is 0 Å². The fourth-order valence-electron chi connectivity index (χ4n) is 2.21. The van der Waals surface area contributed by atoms with E-state index < -0.39 is 5.91 Å². The van der Waals surface area contributed by atoms with Gasteiger partial charge in [-0.3, -0.25) is 9.59 Å². The van der Waals surface area contributed by atoms with Crippen LogP contribution in [0.4, 0.5) is 0 Å². The Bertz CT molecular complexity index is 688. The van der Waals surface area contributed by atoms with E-state index in [-0.39, 0.29) is 12.3 Å². The van der Waals surface area contributed by atoms with Crippen molar-refractivity contribution in [3.8, 4) is 11.5 Å². The summed E-state index contributed by atoms with van der Waals surface area (Å²) in [7, 11) is 3.05. The Balaban J connectivity index is 2.81. The van der Waals surface area contributed by atoms with Gasteiger partial charge in [-0.25, -0.2) is 0 Å². The second-order valence-electron chi connectivity index (χ2n) is 4.42. The molecule has 106 valence electrons. The van der Waals surface area contributed by atoms with Crippen molar-refractivity contribution in [3.05, 3.63) is 23.9 Å². The number of nitrogens with two attached hydrogens (primary N) is 1. The molecule has 6 nitrogen and oxygen atoms in total. The number of nitrogens with zero attached hydrogens (tertiary/aromatic N) is 1. The third-order valence-corrected chi connectivity index (χ3v) is 3.08. The molecule has 20 heavy (non-hydrogen) atoms. The van der Waals surface area contributed by atoms with E-state index in [1.54, 1.807) is 22.9 Å². The molecule has 0 aliphatic heterocycles. The number of carbonyl (C=O) groups is 2. The minimum atomic E-state index is -0.487. The third kappa shape index (κ3) is 2.32. The monoisotopic (exact) mass is 276 g/mol. The lowest BCUT2D eigenvalue weighted by Gasteiger charge is -2.08. The normalized spacial score (nSPS) is 10.6. The second-order valence-corrected chi connectivity index (χ2v) is 4.42. The van der Waals surface area contributed by atoms with Crippen molar-refractivity contribution < 1.29 is 19.1 Å². The lowest BCUT2D eigenvalue weighted by molar-refractivity contribution is -0.118. The van der Waals surface area contributed by atoms with Gasteiger partial charge in [-0.15, -0.1) is 0 Å². The van der Waals surface area contributed by atoms with Crippen LogP contribution in [0.5, 0.6) is 11.5 Å². The molecule has 0 saturated heterocycles. The average molecular weight is 276 g/mol. The number of benzene rings is 1. The first-order valence-electron chi connectivity index (χ1n) is 6.02. The van der Waals surface area contributed by atoms with Crippen molar-refractivity contribution in [1.29, 1.82) is 0 Å². The molecule has 1 aromatic heterocycles. The molecule has 0 bridgehead atoms. The molecule has 0 atom stereocenters. The van der Waals surface area contributed by atoms with Crippen LogP contribution >= 0.6 is 0 Å². The molecule has 0 spiro atoms. The fraction of sp³-hybridized carbons (Fsp3) is 0.286. The summed E-state index contributed by atoms with van der Waals surface area (Å²) in [6.45, 7) is 1.45. The Kier molecular flexibility index (Phi) is 3.65. The largest absolute Gasteiger partial charge is 0.497 e. The van der Waals surface area contributed by atoms with Gasteiger partial charge < -0.3 is 19.8 Å². The van der Waals surface area contributed by atoms with E-state index >= 15 is 0 Å². The zero-order valence-corrected chi connectivity index (χ0v) is 11.6. The highest BCUT2D eigenvalue weighted by Gasteiger charge is 2.18. The van der Waals surface area contributed by atoms with E-state index in [0.29, 0.717) is 28.0 Å². The van der Waals surface area contributed by atoms with Crippen LogP contribution in [0.2, 0.25) is 0 Å². The molecule has 0 unspecified atom stereocenters. The van der Waals surface area contributed by atoms with Gasteiger partial charge in [-0.2, -0.15) is 0 Å². The number of ketones is 1. The molecule has 2 aromatic rings. The maximum absolute atomic E-state index is 11.8. The standard InChI is InChI=1S/C14H16N2O4/c1-8(17)10-6-16(7-13(15)18)11-4-9(19-2)5-12(20-3)14(10)11/h4-6H,7H2,1-3H3,(H2,15,18). The molecule has 0 fully saturated rings. The molecule has 0 aliphatic rings. The Labute approximate surface area is 116 Å². The Morgan fingerprint density at radius 2 is 1.95 bits per heavy atom. The van der Waals surface area contributed by atoms with Crippen LogP contribution in [0.3, 0.4) is 0 Å². The van der Waals surface area contributed by atoms with Crippen LogP contribution in [0.25, 0.3) is 10.9 Å². The minimum Gasteiger partial charge on any atom is -0.497 e. The van der Waals surface area contributed by atoms with E-state index in [1.165, 1.54) is 21.1 Å². The van der Waals surface area contributed by atoms with E-state index in [1.807, 2.05) is 0 Å². The van der Waals surface area contributed by atoms with Crippen molar-refractivity contribution in [1.82, 2.24) is 4.57 Å². The van der Waals surface area contributed by atoms with Gasteiger partial charge in [0.25, 0.3) is 0 Å². The lowest BCUT2D eigenvalue weighted by Crippen LogP contribution is -2.18. The van der Waals surface area contributed by atoms with Crippen LogP contribution in [-0.2, 0) is 11.3 Å². The zero-order valence-electron chi connectivity index (χ0n) is 11.6. The van der Waals surface area contributed by atoms with Crippen molar-refractivity contribution >= 4 is 22.6 Å². The summed E-state index contributed by atoms with van der Waals surface area (Å²) in [6.07, 6.45) is 1.61. The van der Waals surface area contributed by atoms with Gasteiger partial charge in [-0.1, -0.05) is 0 Å². The number of hydrogen-bond acceptors (Lipinski definition) is 4. The molecule has 6 heteroatoms. The van der Waals surface area contributed by atoms with Gasteiger partial charge in [0, 0.05) is 23.9 Å². The minimum absolute atomic E-state index is 0.0138. The smallest absolute Gasteiger partial charge is 0.237 e. The number of primary amides is 1. The molecule has 1 amide bonds. The number of Topliss-reactive ketones (excluding diaryl/α,β-unsaturated/α-hetero) is 1. The van der Waals surface area contributed by atoms with Gasteiger partial charge in [-0.05, 0) is 6.92 Å². The highest BCUT2D eigenvalue weighted by atomic mass is 16.5. The van der Waals surface area contributed by atoms with E-state index in [9.17, 15) is 9.59 Å². The first-order valence-corrected chi connectivity index (χ1v) is 6.02. The quantitative estimate of drug-likeness (QED) is 0.835. The van der Waals surface area contributed by atoms with Crippen molar-refractivity contribution in [2.75, 3.05) is 14.2 Å². The van der Waals surface area contributed by atoms with Crippen LogP contribution in [0.15, 0.2) is 18.3 Å². The number of hydrogen-bond donors (Lipinski definition) is 1. The summed E-state index contributed by atoms with van der Waals surface area (Å²) in [6, 6.07) is 3.44. The number of aromatic nitrogens is 1. The number of amides is 1. The fourth-order valence-corrected chi connectivity index (χ4v) is 2.21. The van der Waals surface area contributed by atoms with Gasteiger partial charge in [0.05, 0.1) is 25.1 Å².